The SMILES string of the molecule is CC1(C)c2ccccc2-c2ccc(N(c3ccccc3)c3cccc4c3sc3c(-c5ccc6c(c5)Oc5cc7c(cc5O6)C(C)(C)c5ccccc5-7)cccc34)cc21. The summed E-state index contributed by atoms with van der Waals surface area (Å²) >= 11 is 1.86. The first-order valence-corrected chi connectivity index (χ1v) is 20.9. The summed E-state index contributed by atoms with van der Waals surface area (Å²) in [4.78, 5) is 2.44. The first-order valence-electron chi connectivity index (χ1n) is 20.1. The van der Waals surface area contributed by atoms with Gasteiger partial charge in [0, 0.05) is 37.7 Å². The maximum absolute atomic E-state index is 6.71. The average molecular weight is 766 g/mol. The lowest BCUT2D eigenvalue weighted by Crippen LogP contribution is -2.16. The molecule has 0 saturated carbocycles. The van der Waals surface area contributed by atoms with Gasteiger partial charge < -0.3 is 14.4 Å². The van der Waals surface area contributed by atoms with Crippen LogP contribution in [0.15, 0.2) is 164 Å². The van der Waals surface area contributed by atoms with Gasteiger partial charge in [0.15, 0.2) is 23.0 Å². The van der Waals surface area contributed by atoms with Crippen molar-refractivity contribution in [3.05, 3.63) is 186 Å². The molecule has 2 heterocycles. The van der Waals surface area contributed by atoms with E-state index in [2.05, 4.69) is 196 Å². The molecule has 0 atom stereocenters. The highest BCUT2D eigenvalue weighted by Crippen LogP contribution is 2.56. The molecule has 0 radical (unpaired) electrons. The highest BCUT2D eigenvalue weighted by Gasteiger charge is 2.38. The zero-order chi connectivity index (χ0) is 38.9. The number of hydrogen-bond donors (Lipinski definition) is 0. The molecule has 278 valence electrons. The smallest absolute Gasteiger partial charge is 0.170 e. The predicted molar refractivity (Wildman–Crippen MR) is 241 cm³/mol. The number of thiophene rings is 1. The molecule has 12 rings (SSSR count). The molecular weight excluding hydrogens is 727 g/mol. The standard InChI is InChI=1S/C54H39NO2S/c1-53(2)42-21-10-8-16-36(42)38-26-25-34(29-44(38)53)55(33-14-6-5-7-15-33)46-23-13-20-40-39-19-12-18-35(51(39)58-52(40)46)32-24-27-47-48(28-32)57-49-30-41-37-17-9-11-22-43(37)54(3,4)45(41)31-50(49)56-47/h5-31H,1-4H3. The molecule has 0 fully saturated rings. The largest absolute Gasteiger partial charge is 0.450 e. The normalized spacial score (nSPS) is 14.8. The number of hydrogen-bond acceptors (Lipinski definition) is 4. The van der Waals surface area contributed by atoms with E-state index in [0.29, 0.717) is 0 Å². The average Bonchev–Trinajstić information content (AvgIpc) is 3.83. The molecule has 3 aliphatic rings. The summed E-state index contributed by atoms with van der Waals surface area (Å²) in [6, 6.07) is 59.5. The highest BCUT2D eigenvalue weighted by molar-refractivity contribution is 7.27. The summed E-state index contributed by atoms with van der Waals surface area (Å²) in [5.74, 6) is 2.97. The lowest BCUT2D eigenvalue weighted by Gasteiger charge is -2.28. The van der Waals surface area contributed by atoms with Gasteiger partial charge in [-0.1, -0.05) is 137 Å². The third kappa shape index (κ3) is 4.67. The van der Waals surface area contributed by atoms with E-state index in [1.165, 1.54) is 75.9 Å². The molecule has 1 aliphatic heterocycles. The molecule has 2 aliphatic carbocycles. The van der Waals surface area contributed by atoms with Gasteiger partial charge in [0.25, 0.3) is 0 Å². The van der Waals surface area contributed by atoms with Crippen molar-refractivity contribution in [2.45, 2.75) is 38.5 Å². The van der Waals surface area contributed by atoms with E-state index in [0.717, 1.165) is 39.9 Å². The molecule has 1 aromatic heterocycles. The quantitative estimate of drug-likeness (QED) is 0.178. The molecule has 4 heteroatoms. The zero-order valence-electron chi connectivity index (χ0n) is 32.8. The van der Waals surface area contributed by atoms with Crippen molar-refractivity contribution in [2.75, 3.05) is 4.90 Å². The topological polar surface area (TPSA) is 21.7 Å². The number of ether oxygens (including phenoxy) is 2. The lowest BCUT2D eigenvalue weighted by atomic mass is 9.82. The minimum absolute atomic E-state index is 0.100. The van der Waals surface area contributed by atoms with Gasteiger partial charge in [0.1, 0.15) is 0 Å². The van der Waals surface area contributed by atoms with Crippen molar-refractivity contribution in [2.24, 2.45) is 0 Å². The summed E-state index contributed by atoms with van der Waals surface area (Å²) in [6.07, 6.45) is 0. The Labute approximate surface area is 342 Å². The number of fused-ring (bicyclic) bond motifs is 11. The van der Waals surface area contributed by atoms with Gasteiger partial charge in [-0.3, -0.25) is 0 Å². The second-order valence-electron chi connectivity index (χ2n) is 16.9. The molecule has 8 aromatic carbocycles. The Morgan fingerprint density at radius 3 is 1.76 bits per heavy atom. The molecule has 3 nitrogen and oxygen atoms in total. The minimum Gasteiger partial charge on any atom is -0.450 e. The Morgan fingerprint density at radius 1 is 0.397 bits per heavy atom. The molecule has 58 heavy (non-hydrogen) atoms. The van der Waals surface area contributed by atoms with Gasteiger partial charge in [0.05, 0.1) is 10.4 Å². The van der Waals surface area contributed by atoms with E-state index in [1.807, 2.05) is 11.3 Å². The summed E-state index contributed by atoms with van der Waals surface area (Å²) in [6.45, 7) is 9.28. The van der Waals surface area contributed by atoms with Crippen LogP contribution in [-0.4, -0.2) is 0 Å². The molecule has 0 unspecified atom stereocenters. The Morgan fingerprint density at radius 2 is 0.983 bits per heavy atom. The Kier molecular flexibility index (Phi) is 6.91. The monoisotopic (exact) mass is 765 g/mol. The summed E-state index contributed by atoms with van der Waals surface area (Å²) in [7, 11) is 0. The molecule has 0 amide bonds. The third-order valence-electron chi connectivity index (χ3n) is 12.9. The fourth-order valence-corrected chi connectivity index (χ4v) is 11.3. The molecular formula is C54H39NO2S. The van der Waals surface area contributed by atoms with Crippen LogP contribution in [0.4, 0.5) is 17.1 Å². The molecule has 0 saturated heterocycles. The Hall–Kier alpha value is -6.62. The summed E-state index contributed by atoms with van der Waals surface area (Å²) in [5, 5.41) is 2.49. The van der Waals surface area contributed by atoms with E-state index in [1.54, 1.807) is 0 Å². The Balaban J connectivity index is 0.968. The van der Waals surface area contributed by atoms with Gasteiger partial charge in [-0.15, -0.1) is 11.3 Å². The van der Waals surface area contributed by atoms with Gasteiger partial charge >= 0.3 is 0 Å². The second kappa shape index (κ2) is 12.0. The first-order chi connectivity index (χ1) is 28.3. The van der Waals surface area contributed by atoms with Crippen LogP contribution >= 0.6 is 11.3 Å². The van der Waals surface area contributed by atoms with Crippen LogP contribution in [0.3, 0.4) is 0 Å². The van der Waals surface area contributed by atoms with E-state index >= 15 is 0 Å². The molecule has 0 spiro atoms. The van der Waals surface area contributed by atoms with E-state index in [9.17, 15) is 0 Å². The van der Waals surface area contributed by atoms with Crippen LogP contribution in [0.1, 0.15) is 49.9 Å². The van der Waals surface area contributed by atoms with Crippen LogP contribution < -0.4 is 14.4 Å². The van der Waals surface area contributed by atoms with E-state index in [-0.39, 0.29) is 10.8 Å². The van der Waals surface area contributed by atoms with Crippen molar-refractivity contribution in [1.29, 1.82) is 0 Å². The fourth-order valence-electron chi connectivity index (χ4n) is 9.99. The fraction of sp³-hybridized carbons (Fsp3) is 0.111. The summed E-state index contributed by atoms with van der Waals surface area (Å²) in [5.41, 5.74) is 16.0. The van der Waals surface area contributed by atoms with Crippen molar-refractivity contribution in [3.8, 4) is 56.4 Å². The second-order valence-corrected chi connectivity index (χ2v) is 17.9. The van der Waals surface area contributed by atoms with Gasteiger partial charge in [0.2, 0.25) is 0 Å². The molecule has 0 bridgehead atoms. The van der Waals surface area contributed by atoms with E-state index in [4.69, 9.17) is 9.47 Å². The lowest BCUT2D eigenvalue weighted by molar-refractivity contribution is 0.359. The number of benzene rings is 8. The van der Waals surface area contributed by atoms with Gasteiger partial charge in [-0.05, 0) is 110 Å². The van der Waals surface area contributed by atoms with Gasteiger partial charge in [-0.2, -0.15) is 0 Å². The van der Waals surface area contributed by atoms with Crippen LogP contribution in [0.5, 0.6) is 23.0 Å². The molecule has 0 N–H and O–H groups in total. The number of nitrogens with zero attached hydrogens (tertiary/aromatic N) is 1. The van der Waals surface area contributed by atoms with Crippen molar-refractivity contribution >= 4 is 48.6 Å². The van der Waals surface area contributed by atoms with Crippen molar-refractivity contribution in [1.82, 2.24) is 0 Å². The molecule has 9 aromatic rings. The maximum atomic E-state index is 6.71. The summed E-state index contributed by atoms with van der Waals surface area (Å²) < 4.78 is 15.8. The Bertz CT molecular complexity index is 3190. The number of rotatable bonds is 4. The van der Waals surface area contributed by atoms with Crippen molar-refractivity contribution in [3.63, 3.8) is 0 Å². The number of para-hydroxylation sites is 1. The first kappa shape index (κ1) is 33.5. The van der Waals surface area contributed by atoms with Crippen molar-refractivity contribution < 1.29 is 9.47 Å². The number of anilines is 3. The third-order valence-corrected chi connectivity index (χ3v) is 14.2. The van der Waals surface area contributed by atoms with Gasteiger partial charge in [-0.25, -0.2) is 0 Å². The maximum Gasteiger partial charge on any atom is 0.170 e. The zero-order valence-corrected chi connectivity index (χ0v) is 33.6. The van der Waals surface area contributed by atoms with Crippen LogP contribution in [-0.2, 0) is 10.8 Å². The van der Waals surface area contributed by atoms with Crippen LogP contribution in [0, 0.1) is 0 Å². The van der Waals surface area contributed by atoms with Crippen LogP contribution in [0.2, 0.25) is 0 Å². The minimum atomic E-state index is -0.111. The predicted octanol–water partition coefficient (Wildman–Crippen LogP) is 15.7. The van der Waals surface area contributed by atoms with E-state index < -0.39 is 0 Å². The highest BCUT2D eigenvalue weighted by atomic mass is 32.1. The van der Waals surface area contributed by atoms with Crippen LogP contribution in [0.25, 0.3) is 53.6 Å².